The van der Waals surface area contributed by atoms with Gasteiger partial charge in [-0.25, -0.2) is 0 Å². The van der Waals surface area contributed by atoms with Crippen molar-refractivity contribution in [1.29, 1.82) is 0 Å². The Bertz CT molecular complexity index is 561. The molecule has 1 aromatic carbocycles. The Labute approximate surface area is 113 Å². The number of hydrogen-bond donors (Lipinski definition) is 1. The zero-order chi connectivity index (χ0) is 13.2. The molecule has 0 amide bonds. The van der Waals surface area contributed by atoms with Crippen molar-refractivity contribution in [3.05, 3.63) is 30.6 Å². The third kappa shape index (κ3) is 2.35. The smallest absolute Gasteiger partial charge is 0.165 e. The molecule has 1 heterocycles. The molecule has 1 fully saturated rings. The number of para-hydroxylation sites is 1. The zero-order valence-electron chi connectivity index (χ0n) is 11.5. The maximum absolute atomic E-state index is 4.21. The molecule has 100 valence electrons. The molecule has 0 radical (unpaired) electrons. The van der Waals surface area contributed by atoms with Crippen molar-refractivity contribution in [2.24, 2.45) is 13.0 Å². The van der Waals surface area contributed by atoms with Crippen LogP contribution >= 0.6 is 0 Å². The van der Waals surface area contributed by atoms with Gasteiger partial charge in [0.15, 0.2) is 5.82 Å². The molecule has 1 N–H and O–H groups in total. The number of nitrogens with zero attached hydrogens (tertiary/aromatic N) is 3. The summed E-state index contributed by atoms with van der Waals surface area (Å²) in [7, 11) is 1.98. The molecule has 0 bridgehead atoms. The largest absolute Gasteiger partial charge is 0.381 e. The second-order valence-corrected chi connectivity index (χ2v) is 5.47. The Morgan fingerprint density at radius 1 is 1.26 bits per heavy atom. The Balaban J connectivity index is 1.92. The minimum Gasteiger partial charge on any atom is -0.381 e. The molecular formula is C15H20N4. The molecule has 1 aromatic heterocycles. The molecule has 0 spiro atoms. The van der Waals surface area contributed by atoms with Gasteiger partial charge in [0.2, 0.25) is 0 Å². The molecule has 1 aliphatic rings. The average Bonchev–Trinajstić information content (AvgIpc) is 3.00. The highest BCUT2D eigenvalue weighted by atomic mass is 15.2. The van der Waals surface area contributed by atoms with E-state index in [2.05, 4.69) is 40.6 Å². The topological polar surface area (TPSA) is 42.7 Å². The molecule has 4 heteroatoms. The Hall–Kier alpha value is -1.84. The first-order chi connectivity index (χ1) is 9.25. The van der Waals surface area contributed by atoms with E-state index in [4.69, 9.17) is 0 Å². The first-order valence-corrected chi connectivity index (χ1v) is 6.95. The fourth-order valence-electron chi connectivity index (χ4n) is 2.89. The standard InChI is InChI=1S/C15H20N4/c1-11-6-5-9-13(11)17-14-8-4-3-7-12(14)15-18-16-10-19(15)2/h3-4,7-8,10-11,13,17H,5-6,9H2,1-2H3. The highest BCUT2D eigenvalue weighted by Crippen LogP contribution is 2.32. The molecule has 2 unspecified atom stereocenters. The molecule has 0 aliphatic heterocycles. The van der Waals surface area contributed by atoms with Crippen LogP contribution < -0.4 is 5.32 Å². The van der Waals surface area contributed by atoms with Gasteiger partial charge in [0.1, 0.15) is 6.33 Å². The lowest BCUT2D eigenvalue weighted by Crippen LogP contribution is -2.22. The van der Waals surface area contributed by atoms with E-state index in [9.17, 15) is 0 Å². The first-order valence-electron chi connectivity index (χ1n) is 6.95. The fourth-order valence-corrected chi connectivity index (χ4v) is 2.89. The van der Waals surface area contributed by atoms with Gasteiger partial charge in [-0.1, -0.05) is 25.5 Å². The minimum absolute atomic E-state index is 0.578. The van der Waals surface area contributed by atoms with E-state index in [1.54, 1.807) is 6.33 Å². The SMILES string of the molecule is CC1CCCC1Nc1ccccc1-c1nncn1C. The van der Waals surface area contributed by atoms with Crippen molar-refractivity contribution in [3.8, 4) is 11.4 Å². The van der Waals surface area contributed by atoms with E-state index in [1.807, 2.05) is 17.7 Å². The second-order valence-electron chi connectivity index (χ2n) is 5.47. The van der Waals surface area contributed by atoms with E-state index < -0.39 is 0 Å². The minimum atomic E-state index is 0.578. The third-order valence-corrected chi connectivity index (χ3v) is 4.08. The summed E-state index contributed by atoms with van der Waals surface area (Å²) < 4.78 is 1.96. The summed E-state index contributed by atoms with van der Waals surface area (Å²) in [5, 5.41) is 11.9. The quantitative estimate of drug-likeness (QED) is 0.917. The van der Waals surface area contributed by atoms with Crippen LogP contribution in [0.3, 0.4) is 0 Å². The summed E-state index contributed by atoms with van der Waals surface area (Å²) in [5.41, 5.74) is 2.29. The zero-order valence-corrected chi connectivity index (χ0v) is 11.5. The van der Waals surface area contributed by atoms with Gasteiger partial charge in [0.05, 0.1) is 0 Å². The van der Waals surface area contributed by atoms with Crippen LogP contribution in [-0.2, 0) is 7.05 Å². The van der Waals surface area contributed by atoms with Crippen LogP contribution in [0.2, 0.25) is 0 Å². The van der Waals surface area contributed by atoms with Crippen molar-refractivity contribution >= 4 is 5.69 Å². The van der Waals surface area contributed by atoms with E-state index in [1.165, 1.54) is 19.3 Å². The number of benzene rings is 1. The van der Waals surface area contributed by atoms with Gasteiger partial charge in [0, 0.05) is 24.3 Å². The number of anilines is 1. The predicted octanol–water partition coefficient (Wildman–Crippen LogP) is 3.08. The van der Waals surface area contributed by atoms with Crippen molar-refractivity contribution in [1.82, 2.24) is 14.8 Å². The van der Waals surface area contributed by atoms with Crippen molar-refractivity contribution in [2.45, 2.75) is 32.2 Å². The first kappa shape index (κ1) is 12.2. The van der Waals surface area contributed by atoms with Crippen molar-refractivity contribution < 1.29 is 0 Å². The van der Waals surface area contributed by atoms with Crippen LogP contribution in [0.5, 0.6) is 0 Å². The van der Waals surface area contributed by atoms with E-state index in [-0.39, 0.29) is 0 Å². The Morgan fingerprint density at radius 2 is 2.11 bits per heavy atom. The number of nitrogens with one attached hydrogen (secondary N) is 1. The maximum atomic E-state index is 4.21. The van der Waals surface area contributed by atoms with Gasteiger partial charge < -0.3 is 9.88 Å². The summed E-state index contributed by atoms with van der Waals surface area (Å²) in [6.07, 6.45) is 5.65. The molecule has 2 atom stereocenters. The van der Waals surface area contributed by atoms with E-state index >= 15 is 0 Å². The number of aryl methyl sites for hydroxylation is 1. The fraction of sp³-hybridized carbons (Fsp3) is 0.467. The second kappa shape index (κ2) is 5.03. The van der Waals surface area contributed by atoms with Gasteiger partial charge in [-0.15, -0.1) is 10.2 Å². The average molecular weight is 256 g/mol. The van der Waals surface area contributed by atoms with Crippen LogP contribution in [0.4, 0.5) is 5.69 Å². The molecular weight excluding hydrogens is 236 g/mol. The van der Waals surface area contributed by atoms with Gasteiger partial charge in [-0.3, -0.25) is 0 Å². The lowest BCUT2D eigenvalue weighted by atomic mass is 10.0. The summed E-state index contributed by atoms with van der Waals surface area (Å²) in [6, 6.07) is 8.94. The molecule has 4 nitrogen and oxygen atoms in total. The molecule has 3 rings (SSSR count). The van der Waals surface area contributed by atoms with Gasteiger partial charge >= 0.3 is 0 Å². The molecule has 2 aromatic rings. The number of aromatic nitrogens is 3. The molecule has 0 saturated heterocycles. The van der Waals surface area contributed by atoms with Crippen molar-refractivity contribution in [2.75, 3.05) is 5.32 Å². The highest BCUT2D eigenvalue weighted by Gasteiger charge is 2.24. The van der Waals surface area contributed by atoms with Crippen LogP contribution in [0.1, 0.15) is 26.2 Å². The monoisotopic (exact) mass is 256 g/mol. The summed E-state index contributed by atoms with van der Waals surface area (Å²) in [5.74, 6) is 1.65. The maximum Gasteiger partial charge on any atom is 0.165 e. The summed E-state index contributed by atoms with van der Waals surface area (Å²) in [4.78, 5) is 0. The lowest BCUT2D eigenvalue weighted by Gasteiger charge is -2.20. The number of hydrogen-bond acceptors (Lipinski definition) is 3. The van der Waals surface area contributed by atoms with Crippen LogP contribution in [-0.4, -0.2) is 20.8 Å². The van der Waals surface area contributed by atoms with Gasteiger partial charge in [-0.05, 0) is 30.9 Å². The third-order valence-electron chi connectivity index (χ3n) is 4.08. The molecule has 1 saturated carbocycles. The van der Waals surface area contributed by atoms with Crippen molar-refractivity contribution in [3.63, 3.8) is 0 Å². The normalized spacial score (nSPS) is 22.6. The summed E-state index contributed by atoms with van der Waals surface area (Å²) >= 11 is 0. The van der Waals surface area contributed by atoms with Crippen LogP contribution in [0.15, 0.2) is 30.6 Å². The van der Waals surface area contributed by atoms with Crippen LogP contribution in [0, 0.1) is 5.92 Å². The highest BCUT2D eigenvalue weighted by molar-refractivity contribution is 5.73. The molecule has 19 heavy (non-hydrogen) atoms. The summed E-state index contributed by atoms with van der Waals surface area (Å²) in [6.45, 7) is 2.33. The Kier molecular flexibility index (Phi) is 3.23. The Morgan fingerprint density at radius 3 is 2.79 bits per heavy atom. The van der Waals surface area contributed by atoms with Gasteiger partial charge in [0.25, 0.3) is 0 Å². The molecule has 1 aliphatic carbocycles. The van der Waals surface area contributed by atoms with E-state index in [0.717, 1.165) is 23.0 Å². The van der Waals surface area contributed by atoms with Crippen LogP contribution in [0.25, 0.3) is 11.4 Å². The lowest BCUT2D eigenvalue weighted by molar-refractivity contribution is 0.556. The van der Waals surface area contributed by atoms with E-state index in [0.29, 0.717) is 6.04 Å². The number of rotatable bonds is 3. The van der Waals surface area contributed by atoms with Gasteiger partial charge in [-0.2, -0.15) is 0 Å². The predicted molar refractivity (Wildman–Crippen MR) is 76.9 cm³/mol.